The van der Waals surface area contributed by atoms with Crippen LogP contribution < -0.4 is 10.6 Å². The molecule has 20 heavy (non-hydrogen) atoms. The van der Waals surface area contributed by atoms with Crippen molar-refractivity contribution in [2.45, 2.75) is 26.2 Å². The van der Waals surface area contributed by atoms with Crippen LogP contribution >= 0.6 is 24.8 Å². The normalized spacial score (nSPS) is 19.1. The summed E-state index contributed by atoms with van der Waals surface area (Å²) in [6.45, 7) is 4.33. The number of nitrogens with zero attached hydrogens (tertiary/aromatic N) is 1. The molecule has 0 bridgehead atoms. The lowest BCUT2D eigenvalue weighted by molar-refractivity contribution is -0.117. The molecule has 4 nitrogen and oxygen atoms in total. The van der Waals surface area contributed by atoms with Crippen molar-refractivity contribution in [1.29, 1.82) is 0 Å². The van der Waals surface area contributed by atoms with E-state index >= 15 is 0 Å². The number of pyridine rings is 1. The topological polar surface area (TPSA) is 54.0 Å². The monoisotopic (exact) mass is 319 g/mol. The summed E-state index contributed by atoms with van der Waals surface area (Å²) in [6.07, 6.45) is 6.41. The van der Waals surface area contributed by atoms with Crippen LogP contribution in [0.1, 0.15) is 26.2 Å². The Morgan fingerprint density at radius 1 is 1.55 bits per heavy atom. The minimum absolute atomic E-state index is 0. The molecule has 2 N–H and O–H groups in total. The minimum Gasteiger partial charge on any atom is -0.325 e. The molecular formula is C14H23Cl2N3O. The van der Waals surface area contributed by atoms with Gasteiger partial charge in [-0.25, -0.2) is 0 Å². The van der Waals surface area contributed by atoms with E-state index in [0.717, 1.165) is 18.8 Å². The molecule has 2 heterocycles. The standard InChI is InChI=1S/C14H21N3O.2ClH/c1-11(12-4-2-6-15-9-12)8-14(18)17-13-5-3-7-16-10-13;;/h3,5,7,10-12,15H,2,4,6,8-9H2,1H3,(H,17,18);2*1H. The van der Waals surface area contributed by atoms with Crippen LogP contribution in [-0.2, 0) is 4.79 Å². The molecule has 2 atom stereocenters. The van der Waals surface area contributed by atoms with Gasteiger partial charge in [0.25, 0.3) is 0 Å². The molecule has 0 aromatic carbocycles. The molecule has 1 aliphatic rings. The zero-order valence-electron chi connectivity index (χ0n) is 11.7. The lowest BCUT2D eigenvalue weighted by Crippen LogP contribution is -2.34. The Bertz CT molecular complexity index is 383. The van der Waals surface area contributed by atoms with E-state index in [1.807, 2.05) is 12.1 Å². The van der Waals surface area contributed by atoms with Gasteiger partial charge in [-0.05, 0) is 49.9 Å². The highest BCUT2D eigenvalue weighted by Gasteiger charge is 2.21. The van der Waals surface area contributed by atoms with Crippen LogP contribution in [0.3, 0.4) is 0 Å². The van der Waals surface area contributed by atoms with Crippen LogP contribution in [0.5, 0.6) is 0 Å². The van der Waals surface area contributed by atoms with Gasteiger partial charge in [-0.3, -0.25) is 9.78 Å². The largest absolute Gasteiger partial charge is 0.325 e. The maximum Gasteiger partial charge on any atom is 0.224 e. The SMILES string of the molecule is CC(CC(=O)Nc1cccnc1)C1CCCNC1.Cl.Cl. The first-order valence-electron chi connectivity index (χ1n) is 6.66. The fraction of sp³-hybridized carbons (Fsp3) is 0.571. The third kappa shape index (κ3) is 6.07. The van der Waals surface area contributed by atoms with Crippen molar-refractivity contribution in [3.05, 3.63) is 24.5 Å². The van der Waals surface area contributed by atoms with Crippen LogP contribution in [0.2, 0.25) is 0 Å². The van der Waals surface area contributed by atoms with Crippen LogP contribution in [-0.4, -0.2) is 24.0 Å². The molecule has 0 aliphatic carbocycles. The fourth-order valence-electron chi connectivity index (χ4n) is 2.47. The minimum atomic E-state index is 0. The highest BCUT2D eigenvalue weighted by Crippen LogP contribution is 2.22. The molecule has 1 aromatic heterocycles. The Balaban J connectivity index is 0.00000180. The van der Waals surface area contributed by atoms with E-state index in [4.69, 9.17) is 0 Å². The third-order valence-electron chi connectivity index (χ3n) is 3.59. The van der Waals surface area contributed by atoms with E-state index in [1.165, 1.54) is 12.8 Å². The quantitative estimate of drug-likeness (QED) is 0.897. The zero-order valence-corrected chi connectivity index (χ0v) is 13.3. The van der Waals surface area contributed by atoms with Crippen LogP contribution in [0.15, 0.2) is 24.5 Å². The van der Waals surface area contributed by atoms with Crippen molar-refractivity contribution in [2.24, 2.45) is 11.8 Å². The number of carbonyl (C=O) groups excluding carboxylic acids is 1. The number of nitrogens with one attached hydrogen (secondary N) is 2. The number of piperidine rings is 1. The predicted octanol–water partition coefficient (Wildman–Crippen LogP) is 2.89. The highest BCUT2D eigenvalue weighted by atomic mass is 35.5. The van der Waals surface area contributed by atoms with E-state index < -0.39 is 0 Å². The maximum absolute atomic E-state index is 11.9. The summed E-state index contributed by atoms with van der Waals surface area (Å²) >= 11 is 0. The number of amides is 1. The van der Waals surface area contributed by atoms with Gasteiger partial charge >= 0.3 is 0 Å². The summed E-state index contributed by atoms with van der Waals surface area (Å²) in [6, 6.07) is 3.68. The Kier molecular flexibility index (Phi) is 9.55. The van der Waals surface area contributed by atoms with E-state index in [2.05, 4.69) is 22.5 Å². The van der Waals surface area contributed by atoms with E-state index in [1.54, 1.807) is 12.4 Å². The lowest BCUT2D eigenvalue weighted by Gasteiger charge is -2.27. The Hall–Kier alpha value is -0.840. The molecule has 114 valence electrons. The predicted molar refractivity (Wildman–Crippen MR) is 86.7 cm³/mol. The van der Waals surface area contributed by atoms with Gasteiger partial charge in [-0.1, -0.05) is 6.92 Å². The number of hydrogen-bond acceptors (Lipinski definition) is 3. The molecule has 1 aliphatic heterocycles. The second-order valence-corrected chi connectivity index (χ2v) is 5.08. The Labute approximate surface area is 132 Å². The van der Waals surface area contributed by atoms with Gasteiger partial charge in [0.05, 0.1) is 11.9 Å². The van der Waals surface area contributed by atoms with Crippen molar-refractivity contribution in [1.82, 2.24) is 10.3 Å². The number of aromatic nitrogens is 1. The summed E-state index contributed by atoms with van der Waals surface area (Å²) < 4.78 is 0. The van der Waals surface area contributed by atoms with Crippen molar-refractivity contribution in [2.75, 3.05) is 18.4 Å². The van der Waals surface area contributed by atoms with Crippen molar-refractivity contribution in [3.63, 3.8) is 0 Å². The first kappa shape index (κ1) is 19.2. The average molecular weight is 320 g/mol. The van der Waals surface area contributed by atoms with Gasteiger partial charge in [0.15, 0.2) is 0 Å². The molecular weight excluding hydrogens is 297 g/mol. The molecule has 1 saturated heterocycles. The van der Waals surface area contributed by atoms with Gasteiger partial charge in [0.1, 0.15) is 0 Å². The summed E-state index contributed by atoms with van der Waals surface area (Å²) in [5.41, 5.74) is 0.775. The van der Waals surface area contributed by atoms with Gasteiger partial charge in [-0.2, -0.15) is 0 Å². The summed E-state index contributed by atoms with van der Waals surface area (Å²) in [7, 11) is 0. The van der Waals surface area contributed by atoms with Crippen LogP contribution in [0.4, 0.5) is 5.69 Å². The van der Waals surface area contributed by atoms with E-state index in [0.29, 0.717) is 18.3 Å². The smallest absolute Gasteiger partial charge is 0.224 e. The molecule has 6 heteroatoms. The van der Waals surface area contributed by atoms with Crippen molar-refractivity contribution >= 4 is 36.4 Å². The van der Waals surface area contributed by atoms with Crippen molar-refractivity contribution in [3.8, 4) is 0 Å². The molecule has 1 aromatic rings. The second kappa shape index (κ2) is 9.97. The molecule has 0 radical (unpaired) electrons. The third-order valence-corrected chi connectivity index (χ3v) is 3.59. The number of carbonyl (C=O) groups is 1. The summed E-state index contributed by atoms with van der Waals surface area (Å²) in [4.78, 5) is 15.9. The maximum atomic E-state index is 11.9. The Morgan fingerprint density at radius 3 is 2.95 bits per heavy atom. The number of rotatable bonds is 4. The molecule has 2 rings (SSSR count). The number of hydrogen-bond donors (Lipinski definition) is 2. The first-order chi connectivity index (χ1) is 8.75. The number of anilines is 1. The van der Waals surface area contributed by atoms with Gasteiger partial charge < -0.3 is 10.6 Å². The average Bonchev–Trinajstić information content (AvgIpc) is 2.40. The number of halogens is 2. The molecule has 2 unspecified atom stereocenters. The van der Waals surface area contributed by atoms with Crippen LogP contribution in [0, 0.1) is 11.8 Å². The molecule has 0 spiro atoms. The second-order valence-electron chi connectivity index (χ2n) is 5.08. The van der Waals surface area contributed by atoms with Gasteiger partial charge in [0, 0.05) is 12.6 Å². The molecule has 1 amide bonds. The zero-order chi connectivity index (χ0) is 12.8. The van der Waals surface area contributed by atoms with Gasteiger partial charge in [0.2, 0.25) is 5.91 Å². The summed E-state index contributed by atoms with van der Waals surface area (Å²) in [5, 5.41) is 6.29. The summed E-state index contributed by atoms with van der Waals surface area (Å²) in [5.74, 6) is 1.13. The first-order valence-corrected chi connectivity index (χ1v) is 6.66. The highest BCUT2D eigenvalue weighted by molar-refractivity contribution is 5.90. The Morgan fingerprint density at radius 2 is 2.35 bits per heavy atom. The molecule has 1 fully saturated rings. The fourth-order valence-corrected chi connectivity index (χ4v) is 2.47. The lowest BCUT2D eigenvalue weighted by atomic mass is 9.85. The van der Waals surface area contributed by atoms with Gasteiger partial charge in [-0.15, -0.1) is 24.8 Å². The van der Waals surface area contributed by atoms with E-state index in [9.17, 15) is 4.79 Å². The van der Waals surface area contributed by atoms with Crippen LogP contribution in [0.25, 0.3) is 0 Å². The van der Waals surface area contributed by atoms with Crippen molar-refractivity contribution < 1.29 is 4.79 Å². The van der Waals surface area contributed by atoms with E-state index in [-0.39, 0.29) is 30.7 Å². The molecule has 0 saturated carbocycles.